The Bertz CT molecular complexity index is 752. The van der Waals surface area contributed by atoms with Crippen LogP contribution in [0.3, 0.4) is 0 Å². The molecule has 1 heterocycles. The zero-order chi connectivity index (χ0) is 19.2. The monoisotopic (exact) mass is 388 g/mol. The lowest BCUT2D eigenvalue weighted by molar-refractivity contribution is -0.142. The Kier molecular flexibility index (Phi) is 6.61. The van der Waals surface area contributed by atoms with E-state index in [1.807, 2.05) is 0 Å². The molecule has 0 saturated heterocycles. The highest BCUT2D eigenvalue weighted by atomic mass is 32.2. The van der Waals surface area contributed by atoms with Gasteiger partial charge in [0.05, 0.1) is 7.11 Å². The molecule has 7 nitrogen and oxygen atoms in total. The summed E-state index contributed by atoms with van der Waals surface area (Å²) >= 11 is 0.733. The van der Waals surface area contributed by atoms with E-state index in [0.29, 0.717) is 5.56 Å². The third-order valence-electron chi connectivity index (χ3n) is 3.13. The fraction of sp³-hybridized carbons (Fsp3) is 0.333. The maximum Gasteiger partial charge on any atom is 0.406 e. The number of alkyl halides is 3. The van der Waals surface area contributed by atoms with Crippen molar-refractivity contribution >= 4 is 23.6 Å². The number of benzene rings is 1. The lowest BCUT2D eigenvalue weighted by atomic mass is 10.2. The molecule has 2 rings (SSSR count). The van der Waals surface area contributed by atoms with Gasteiger partial charge in [-0.05, 0) is 12.1 Å². The van der Waals surface area contributed by atoms with Crippen LogP contribution in [0.25, 0.3) is 0 Å². The molecule has 0 aliphatic carbocycles. The summed E-state index contributed by atoms with van der Waals surface area (Å²) < 4.78 is 43.1. The molecule has 1 aromatic heterocycles. The van der Waals surface area contributed by atoms with Gasteiger partial charge in [0.2, 0.25) is 0 Å². The third kappa shape index (κ3) is 5.76. The van der Waals surface area contributed by atoms with Crippen molar-refractivity contribution in [2.45, 2.75) is 23.1 Å². The Morgan fingerprint density at radius 1 is 1.31 bits per heavy atom. The number of hydrogen-bond acceptors (Lipinski definition) is 6. The highest BCUT2D eigenvalue weighted by molar-refractivity contribution is 8.00. The smallest absolute Gasteiger partial charge is 0.406 e. The Hall–Kier alpha value is -2.56. The SMILES string of the molecule is COC(=O)[C@H](CNC(=O)c1ccccc1)Sc1nncn1CC(F)(F)F. The Balaban J connectivity index is 2.06. The zero-order valence-corrected chi connectivity index (χ0v) is 14.4. The van der Waals surface area contributed by atoms with Crippen molar-refractivity contribution in [3.05, 3.63) is 42.2 Å². The van der Waals surface area contributed by atoms with Crippen LogP contribution in [-0.4, -0.2) is 51.7 Å². The van der Waals surface area contributed by atoms with Gasteiger partial charge in [0.25, 0.3) is 5.91 Å². The molecule has 1 atom stereocenters. The van der Waals surface area contributed by atoms with Crippen LogP contribution in [0.4, 0.5) is 13.2 Å². The summed E-state index contributed by atoms with van der Waals surface area (Å²) in [5.74, 6) is -1.12. The minimum Gasteiger partial charge on any atom is -0.468 e. The largest absolute Gasteiger partial charge is 0.468 e. The molecule has 0 bridgehead atoms. The first-order chi connectivity index (χ1) is 12.3. The lowest BCUT2D eigenvalue weighted by Gasteiger charge is -2.16. The van der Waals surface area contributed by atoms with Crippen LogP contribution in [0.2, 0.25) is 0 Å². The number of nitrogens with zero attached hydrogens (tertiary/aromatic N) is 3. The number of nitrogens with one attached hydrogen (secondary N) is 1. The molecular formula is C15H15F3N4O3S. The maximum atomic E-state index is 12.6. The average Bonchev–Trinajstić information content (AvgIpc) is 3.03. The van der Waals surface area contributed by atoms with Crippen molar-refractivity contribution in [1.29, 1.82) is 0 Å². The minimum atomic E-state index is -4.46. The van der Waals surface area contributed by atoms with E-state index in [-0.39, 0.29) is 11.7 Å². The van der Waals surface area contributed by atoms with Crippen molar-refractivity contribution in [2.24, 2.45) is 0 Å². The summed E-state index contributed by atoms with van der Waals surface area (Å²) in [6.07, 6.45) is -3.54. The van der Waals surface area contributed by atoms with E-state index in [4.69, 9.17) is 0 Å². The number of halogens is 3. The van der Waals surface area contributed by atoms with Crippen LogP contribution in [0.5, 0.6) is 0 Å². The number of esters is 1. The number of carbonyl (C=O) groups excluding carboxylic acids is 2. The Morgan fingerprint density at radius 3 is 2.62 bits per heavy atom. The van der Waals surface area contributed by atoms with E-state index >= 15 is 0 Å². The van der Waals surface area contributed by atoms with Gasteiger partial charge in [-0.1, -0.05) is 30.0 Å². The first kappa shape index (κ1) is 19.8. The van der Waals surface area contributed by atoms with E-state index in [1.54, 1.807) is 30.3 Å². The normalized spacial score (nSPS) is 12.5. The summed E-state index contributed by atoms with van der Waals surface area (Å²) in [5.41, 5.74) is 0.390. The highest BCUT2D eigenvalue weighted by Crippen LogP contribution is 2.25. The molecule has 2 aromatic rings. The van der Waals surface area contributed by atoms with Gasteiger partial charge in [-0.25, -0.2) is 0 Å². The lowest BCUT2D eigenvalue weighted by Crippen LogP contribution is -2.35. The molecule has 1 N–H and O–H groups in total. The summed E-state index contributed by atoms with van der Waals surface area (Å²) in [6, 6.07) is 8.30. The van der Waals surface area contributed by atoms with E-state index in [1.165, 1.54) is 0 Å². The van der Waals surface area contributed by atoms with Gasteiger partial charge in [0.1, 0.15) is 18.1 Å². The van der Waals surface area contributed by atoms with Gasteiger partial charge in [-0.3, -0.25) is 14.2 Å². The van der Waals surface area contributed by atoms with Gasteiger partial charge in [0, 0.05) is 12.1 Å². The summed E-state index contributed by atoms with van der Waals surface area (Å²) in [6.45, 7) is -1.43. The molecule has 140 valence electrons. The van der Waals surface area contributed by atoms with Crippen LogP contribution >= 0.6 is 11.8 Å². The first-order valence-electron chi connectivity index (χ1n) is 7.32. The van der Waals surface area contributed by atoms with Crippen LogP contribution in [0.1, 0.15) is 10.4 Å². The fourth-order valence-corrected chi connectivity index (χ4v) is 2.90. The third-order valence-corrected chi connectivity index (χ3v) is 4.30. The fourth-order valence-electron chi connectivity index (χ4n) is 1.95. The van der Waals surface area contributed by atoms with Crippen molar-refractivity contribution in [1.82, 2.24) is 20.1 Å². The van der Waals surface area contributed by atoms with Crippen molar-refractivity contribution < 1.29 is 27.5 Å². The van der Waals surface area contributed by atoms with Crippen LogP contribution in [0.15, 0.2) is 41.8 Å². The van der Waals surface area contributed by atoms with Crippen LogP contribution in [0, 0.1) is 0 Å². The second-order valence-electron chi connectivity index (χ2n) is 5.06. The number of methoxy groups -OCH3 is 1. The van der Waals surface area contributed by atoms with Crippen molar-refractivity contribution in [3.63, 3.8) is 0 Å². The second-order valence-corrected chi connectivity index (χ2v) is 6.23. The first-order valence-corrected chi connectivity index (χ1v) is 8.20. The highest BCUT2D eigenvalue weighted by Gasteiger charge is 2.31. The van der Waals surface area contributed by atoms with Gasteiger partial charge in [-0.2, -0.15) is 13.2 Å². The molecule has 26 heavy (non-hydrogen) atoms. The van der Waals surface area contributed by atoms with Crippen molar-refractivity contribution in [2.75, 3.05) is 13.7 Å². The molecule has 1 aromatic carbocycles. The molecular weight excluding hydrogens is 373 g/mol. The minimum absolute atomic E-state index is 0.105. The van der Waals surface area contributed by atoms with Gasteiger partial charge in [-0.15, -0.1) is 10.2 Å². The number of hydrogen-bond donors (Lipinski definition) is 1. The summed E-state index contributed by atoms with van der Waals surface area (Å²) in [7, 11) is 1.15. The van der Waals surface area contributed by atoms with E-state index in [9.17, 15) is 22.8 Å². The van der Waals surface area contributed by atoms with Crippen LogP contribution in [-0.2, 0) is 16.1 Å². The van der Waals surface area contributed by atoms with Gasteiger partial charge < -0.3 is 10.1 Å². The van der Waals surface area contributed by atoms with Gasteiger partial charge >= 0.3 is 12.1 Å². The predicted molar refractivity (Wildman–Crippen MR) is 86.5 cm³/mol. The van der Waals surface area contributed by atoms with E-state index in [2.05, 4.69) is 20.3 Å². The quantitative estimate of drug-likeness (QED) is 0.576. The molecule has 0 aliphatic rings. The summed E-state index contributed by atoms with van der Waals surface area (Å²) in [4.78, 5) is 24.0. The van der Waals surface area contributed by atoms with Crippen LogP contribution < -0.4 is 5.32 Å². The molecule has 0 spiro atoms. The molecule has 0 radical (unpaired) electrons. The average molecular weight is 388 g/mol. The number of thioether (sulfide) groups is 1. The molecule has 0 saturated carbocycles. The predicted octanol–water partition coefficient (Wildman–Crippen LogP) is 1.90. The second kappa shape index (κ2) is 8.70. The molecule has 1 amide bonds. The van der Waals surface area contributed by atoms with Crippen molar-refractivity contribution in [3.8, 4) is 0 Å². The van der Waals surface area contributed by atoms with Gasteiger partial charge in [0.15, 0.2) is 5.16 Å². The van der Waals surface area contributed by atoms with E-state index in [0.717, 1.165) is 29.8 Å². The number of rotatable bonds is 7. The summed E-state index contributed by atoms with van der Waals surface area (Å²) in [5, 5.41) is 8.50. The standard InChI is InChI=1S/C15H15F3N4O3S/c1-25-13(24)11(7-19-12(23)10-5-3-2-4-6-10)26-14-21-20-9-22(14)8-15(16,17)18/h2-6,9,11H,7-8H2,1H3,(H,19,23)/t11-/m0/s1. The maximum absolute atomic E-state index is 12.6. The number of carbonyl (C=O) groups is 2. The zero-order valence-electron chi connectivity index (χ0n) is 13.6. The Labute approximate surface area is 150 Å². The molecule has 11 heteroatoms. The molecule has 0 fully saturated rings. The number of ether oxygens (including phenoxy) is 1. The molecule has 0 aliphatic heterocycles. The van der Waals surface area contributed by atoms with E-state index < -0.39 is 29.8 Å². The Morgan fingerprint density at radius 2 is 2.00 bits per heavy atom. The topological polar surface area (TPSA) is 86.1 Å². The number of amides is 1. The number of aromatic nitrogens is 3. The molecule has 0 unspecified atom stereocenters.